The molecule has 5 N–H and O–H groups in total. The van der Waals surface area contributed by atoms with Gasteiger partial charge < -0.3 is 50.4 Å². The van der Waals surface area contributed by atoms with Crippen LogP contribution in [0.4, 0.5) is 9.59 Å². The van der Waals surface area contributed by atoms with Crippen LogP contribution < -0.4 is 21.3 Å². The van der Waals surface area contributed by atoms with Gasteiger partial charge in [0.05, 0.1) is 45.1 Å². The molecule has 14 heteroatoms. The molecule has 48 heavy (non-hydrogen) atoms. The van der Waals surface area contributed by atoms with Crippen molar-refractivity contribution in [1.29, 1.82) is 0 Å². The molecule has 0 bridgehead atoms. The summed E-state index contributed by atoms with van der Waals surface area (Å²) in [6.45, 7) is 16.2. The van der Waals surface area contributed by atoms with Crippen LogP contribution in [0, 0.1) is 11.8 Å². The number of hydrogen-bond acceptors (Lipinski definition) is 8. The summed E-state index contributed by atoms with van der Waals surface area (Å²) in [7, 11) is 0. The Hall–Kier alpha value is -2.97. The molecule has 14 nitrogen and oxygen atoms in total. The van der Waals surface area contributed by atoms with Crippen molar-refractivity contribution >= 4 is 30.2 Å². The third-order valence-corrected chi connectivity index (χ3v) is 8.07. The lowest BCUT2D eigenvalue weighted by molar-refractivity contribution is -0.126. The van der Waals surface area contributed by atoms with Crippen LogP contribution in [0.3, 0.4) is 0 Å². The Balaban J connectivity index is 0.000000480. The second-order valence-electron chi connectivity index (χ2n) is 13.4. The number of aliphatic hydroxyl groups is 1. The van der Waals surface area contributed by atoms with Gasteiger partial charge in [0.15, 0.2) is 0 Å². The fraction of sp³-hybridized carbons (Fsp3) is 0.853. The highest BCUT2D eigenvalue weighted by Crippen LogP contribution is 2.10. The monoisotopic (exact) mass is 684 g/mol. The number of aliphatic hydroxyl groups excluding tert-OH is 1. The number of nitrogens with zero attached hydrogens (tertiary/aromatic N) is 2. The van der Waals surface area contributed by atoms with E-state index in [0.29, 0.717) is 71.9 Å². The van der Waals surface area contributed by atoms with Gasteiger partial charge in [-0.3, -0.25) is 9.59 Å². The van der Waals surface area contributed by atoms with Gasteiger partial charge in [0.25, 0.3) is 0 Å². The average molecular weight is 685 g/mol. The second kappa shape index (κ2) is 25.1. The van der Waals surface area contributed by atoms with Gasteiger partial charge in [0, 0.05) is 26.2 Å². The highest BCUT2D eigenvalue weighted by atomic mass is 16.5. The second-order valence-corrected chi connectivity index (χ2v) is 13.4. The Morgan fingerprint density at radius 3 is 1.48 bits per heavy atom. The summed E-state index contributed by atoms with van der Waals surface area (Å²) in [5, 5.41) is 20.7. The van der Waals surface area contributed by atoms with Crippen molar-refractivity contribution in [2.45, 2.75) is 117 Å². The van der Waals surface area contributed by atoms with E-state index < -0.39 is 18.1 Å². The minimum atomic E-state index is -0.635. The van der Waals surface area contributed by atoms with Crippen molar-refractivity contribution in [3.63, 3.8) is 0 Å². The van der Waals surface area contributed by atoms with Crippen molar-refractivity contribution in [2.24, 2.45) is 11.8 Å². The predicted molar refractivity (Wildman–Crippen MR) is 184 cm³/mol. The maximum Gasteiger partial charge on any atom is 0.318 e. The van der Waals surface area contributed by atoms with E-state index in [2.05, 4.69) is 28.2 Å². The third-order valence-electron chi connectivity index (χ3n) is 8.07. The van der Waals surface area contributed by atoms with E-state index in [9.17, 15) is 29.1 Å². The molecule has 0 spiro atoms. The average Bonchev–Trinajstić information content (AvgIpc) is 3.08. The molecule has 0 aliphatic carbocycles. The van der Waals surface area contributed by atoms with Crippen LogP contribution in [0.5, 0.6) is 0 Å². The van der Waals surface area contributed by atoms with Gasteiger partial charge in [-0.1, -0.05) is 67.2 Å². The lowest BCUT2D eigenvalue weighted by atomic mass is 10.0. The largest absolute Gasteiger partial charge is 0.394 e. The van der Waals surface area contributed by atoms with E-state index in [1.54, 1.807) is 9.80 Å². The van der Waals surface area contributed by atoms with Crippen molar-refractivity contribution in [1.82, 2.24) is 31.1 Å². The molecule has 0 unspecified atom stereocenters. The topological polar surface area (TPSA) is 179 Å². The summed E-state index contributed by atoms with van der Waals surface area (Å²) in [5.41, 5.74) is 0. The van der Waals surface area contributed by atoms with Gasteiger partial charge in [-0.05, 0) is 37.5 Å². The van der Waals surface area contributed by atoms with Crippen LogP contribution >= 0.6 is 0 Å². The Bertz CT molecular complexity index is 941. The molecule has 2 saturated heterocycles. The summed E-state index contributed by atoms with van der Waals surface area (Å²) in [6.07, 6.45) is 7.01. The number of carbonyl (C=O) groups excluding carboxylic acids is 5. The molecule has 2 fully saturated rings. The van der Waals surface area contributed by atoms with Crippen molar-refractivity contribution in [2.75, 3.05) is 59.2 Å². The summed E-state index contributed by atoms with van der Waals surface area (Å²) < 4.78 is 10.5. The van der Waals surface area contributed by atoms with Crippen molar-refractivity contribution in [3.8, 4) is 0 Å². The summed E-state index contributed by atoms with van der Waals surface area (Å²) >= 11 is 0. The van der Waals surface area contributed by atoms with Gasteiger partial charge in [-0.15, -0.1) is 0 Å². The zero-order valence-corrected chi connectivity index (χ0v) is 30.3. The quantitative estimate of drug-likeness (QED) is 0.137. The van der Waals surface area contributed by atoms with Gasteiger partial charge in [-0.25, -0.2) is 9.59 Å². The Labute approximate surface area is 287 Å². The normalized spacial score (nSPS) is 17.4. The van der Waals surface area contributed by atoms with E-state index in [-0.39, 0.29) is 48.4 Å². The summed E-state index contributed by atoms with van der Waals surface area (Å²) in [5.74, 6) is 0.00370. The molecule has 2 aliphatic heterocycles. The number of urea groups is 2. The number of morpholine rings is 2. The number of ether oxygens (including phenoxy) is 2. The number of rotatable bonds is 18. The molecule has 2 rings (SSSR count). The molecule has 4 atom stereocenters. The lowest BCUT2D eigenvalue weighted by Crippen LogP contribution is -2.55. The molecule has 2 aliphatic rings. The van der Waals surface area contributed by atoms with Gasteiger partial charge in [0.2, 0.25) is 11.8 Å². The third kappa shape index (κ3) is 18.0. The maximum absolute atomic E-state index is 12.5. The SMILES string of the molecule is CCCC[C@@H](C=O)NC(=O)[C@H](CC(C)C)NC(=O)N1CCOCC1.CCCC[C@@H](CO)NC(=O)[C@H](CC(C)C)NC(=O)N1CCOCC1. The van der Waals surface area contributed by atoms with Crippen molar-refractivity contribution < 1.29 is 38.6 Å². The van der Waals surface area contributed by atoms with E-state index >= 15 is 0 Å². The molecular formula is C34H64N6O8. The molecular weight excluding hydrogens is 620 g/mol. The number of carbonyl (C=O) groups is 5. The van der Waals surface area contributed by atoms with Crippen molar-refractivity contribution in [3.05, 3.63) is 0 Å². The van der Waals surface area contributed by atoms with Crippen LogP contribution in [0.15, 0.2) is 0 Å². The van der Waals surface area contributed by atoms with E-state index in [4.69, 9.17) is 9.47 Å². The molecule has 0 aromatic carbocycles. The molecule has 0 aromatic heterocycles. The highest BCUT2D eigenvalue weighted by molar-refractivity contribution is 5.89. The zero-order valence-electron chi connectivity index (χ0n) is 30.3. The number of amides is 6. The van der Waals surface area contributed by atoms with Gasteiger partial charge in [-0.2, -0.15) is 0 Å². The van der Waals surface area contributed by atoms with Crippen LogP contribution in [-0.4, -0.2) is 128 Å². The molecule has 278 valence electrons. The number of aldehydes is 1. The molecule has 2 heterocycles. The minimum Gasteiger partial charge on any atom is -0.394 e. The fourth-order valence-electron chi connectivity index (χ4n) is 5.26. The van der Waals surface area contributed by atoms with Gasteiger partial charge in [0.1, 0.15) is 18.4 Å². The lowest BCUT2D eigenvalue weighted by Gasteiger charge is -2.30. The van der Waals surface area contributed by atoms with Crippen LogP contribution in [-0.2, 0) is 23.9 Å². The highest BCUT2D eigenvalue weighted by Gasteiger charge is 2.28. The van der Waals surface area contributed by atoms with E-state index in [1.807, 2.05) is 34.6 Å². The molecule has 0 saturated carbocycles. The van der Waals surface area contributed by atoms with E-state index in [1.165, 1.54) is 0 Å². The standard InChI is InChI=1S/C17H33N3O4.C17H31N3O4/c2*1-4-5-6-14(12-21)18-16(22)15(11-13(2)3)19-17(23)20-7-9-24-10-8-20/h13-15,21H,4-12H2,1-3H3,(H,18,22)(H,19,23);12-15H,4-11H2,1-3H3,(H,18,22)(H,19,23)/t2*14-,15-/m00/s1. The van der Waals surface area contributed by atoms with Crippen LogP contribution in [0.25, 0.3) is 0 Å². The first-order chi connectivity index (χ1) is 22.9. The predicted octanol–water partition coefficient (Wildman–Crippen LogP) is 2.43. The first-order valence-electron chi connectivity index (χ1n) is 17.9. The minimum absolute atomic E-state index is 0.0858. The number of hydrogen-bond donors (Lipinski definition) is 5. The van der Waals surface area contributed by atoms with Crippen LogP contribution in [0.2, 0.25) is 0 Å². The number of unbranched alkanes of at least 4 members (excludes halogenated alkanes) is 2. The summed E-state index contributed by atoms with van der Waals surface area (Å²) in [6, 6.07) is -2.45. The van der Waals surface area contributed by atoms with Gasteiger partial charge >= 0.3 is 12.1 Å². The molecule has 6 amide bonds. The Kier molecular flexibility index (Phi) is 22.5. The van der Waals surface area contributed by atoms with Crippen LogP contribution in [0.1, 0.15) is 92.9 Å². The van der Waals surface area contributed by atoms with E-state index in [0.717, 1.165) is 38.4 Å². The molecule has 0 aromatic rings. The Morgan fingerprint density at radius 2 is 1.10 bits per heavy atom. The first-order valence-corrected chi connectivity index (χ1v) is 17.9. The fourth-order valence-corrected chi connectivity index (χ4v) is 5.26. The number of nitrogens with one attached hydrogen (secondary N) is 4. The smallest absolute Gasteiger partial charge is 0.318 e. The molecule has 0 radical (unpaired) electrons. The maximum atomic E-state index is 12.5. The zero-order chi connectivity index (χ0) is 35.9. The Morgan fingerprint density at radius 1 is 0.688 bits per heavy atom. The first kappa shape index (κ1) is 43.1. The summed E-state index contributed by atoms with van der Waals surface area (Å²) in [4.78, 5) is 64.2.